The van der Waals surface area contributed by atoms with Crippen LogP contribution in [0.25, 0.3) is 0 Å². The summed E-state index contributed by atoms with van der Waals surface area (Å²) in [4.78, 5) is 10.5. The maximum Gasteiger partial charge on any atom is 0.335 e. The van der Waals surface area contributed by atoms with Crippen molar-refractivity contribution in [2.45, 2.75) is 24.3 Å². The highest BCUT2D eigenvalue weighted by Gasteiger charge is 2.21. The van der Waals surface area contributed by atoms with Crippen LogP contribution in [0, 0.1) is 12.3 Å². The van der Waals surface area contributed by atoms with E-state index in [9.17, 15) is 13.2 Å². The molecule has 102 valence electrons. The summed E-state index contributed by atoms with van der Waals surface area (Å²) >= 11 is 0. The topological polar surface area (TPSA) is 109 Å². The second-order valence-electron chi connectivity index (χ2n) is 3.81. The van der Waals surface area contributed by atoms with Gasteiger partial charge < -0.3 is 10.8 Å². The smallest absolute Gasteiger partial charge is 0.335 e. The van der Waals surface area contributed by atoms with Crippen molar-refractivity contribution in [3.63, 3.8) is 0 Å². The van der Waals surface area contributed by atoms with E-state index >= 15 is 0 Å². The average molecular weight is 282 g/mol. The van der Waals surface area contributed by atoms with Crippen LogP contribution in [0.4, 0.5) is 5.69 Å². The van der Waals surface area contributed by atoms with Crippen molar-refractivity contribution in [3.8, 4) is 12.3 Å². The molecule has 0 aliphatic rings. The number of anilines is 1. The molecule has 0 heterocycles. The first-order valence-corrected chi connectivity index (χ1v) is 6.91. The van der Waals surface area contributed by atoms with E-state index in [1.165, 1.54) is 6.07 Å². The van der Waals surface area contributed by atoms with Crippen molar-refractivity contribution in [1.29, 1.82) is 0 Å². The van der Waals surface area contributed by atoms with Gasteiger partial charge in [-0.2, -0.15) is 4.72 Å². The van der Waals surface area contributed by atoms with Crippen molar-refractivity contribution >= 4 is 21.7 Å². The molecule has 1 unspecified atom stereocenters. The van der Waals surface area contributed by atoms with Gasteiger partial charge in [0.2, 0.25) is 10.0 Å². The molecule has 0 bridgehead atoms. The fourth-order valence-electron chi connectivity index (χ4n) is 1.41. The Hall–Kier alpha value is -2.04. The zero-order valence-corrected chi connectivity index (χ0v) is 11.1. The Morgan fingerprint density at radius 3 is 2.63 bits per heavy atom. The Bertz CT molecular complexity index is 632. The van der Waals surface area contributed by atoms with E-state index in [4.69, 9.17) is 17.3 Å². The Kier molecular flexibility index (Phi) is 4.53. The summed E-state index contributed by atoms with van der Waals surface area (Å²) in [6.07, 6.45) is 5.62. The normalized spacial score (nSPS) is 12.6. The molecule has 1 atom stereocenters. The summed E-state index contributed by atoms with van der Waals surface area (Å²) in [6, 6.07) is 2.77. The molecule has 1 aromatic carbocycles. The molecule has 0 aliphatic heterocycles. The van der Waals surface area contributed by atoms with Gasteiger partial charge in [0, 0.05) is 0 Å². The number of rotatable bonds is 5. The van der Waals surface area contributed by atoms with Gasteiger partial charge in [-0.3, -0.25) is 0 Å². The Balaban J connectivity index is 3.16. The first kappa shape index (κ1) is 15.0. The first-order chi connectivity index (χ1) is 8.81. The number of nitrogens with one attached hydrogen (secondary N) is 1. The summed E-state index contributed by atoms with van der Waals surface area (Å²) < 4.78 is 26.4. The number of hydrogen-bond donors (Lipinski definition) is 3. The van der Waals surface area contributed by atoms with E-state index < -0.39 is 22.0 Å². The zero-order valence-electron chi connectivity index (χ0n) is 10.3. The predicted molar refractivity (Wildman–Crippen MR) is 71.0 cm³/mol. The number of benzene rings is 1. The number of nitrogen functional groups attached to an aromatic ring is 1. The third kappa shape index (κ3) is 3.47. The minimum Gasteiger partial charge on any atom is -0.478 e. The van der Waals surface area contributed by atoms with Crippen molar-refractivity contribution in [2.24, 2.45) is 0 Å². The van der Waals surface area contributed by atoms with E-state index in [0.29, 0.717) is 6.42 Å². The number of carboxylic acids is 1. The molecule has 4 N–H and O–H groups in total. The van der Waals surface area contributed by atoms with Gasteiger partial charge in [-0.1, -0.05) is 12.8 Å². The molecule has 0 saturated heterocycles. The summed E-state index contributed by atoms with van der Waals surface area (Å²) in [5.74, 6) is 1.12. The molecule has 0 spiro atoms. The van der Waals surface area contributed by atoms with Crippen molar-refractivity contribution in [2.75, 3.05) is 5.73 Å². The number of nitrogens with two attached hydrogens (primary N) is 1. The number of carbonyl (C=O) groups is 1. The fraction of sp³-hybridized carbons (Fsp3) is 0.250. The van der Waals surface area contributed by atoms with Crippen molar-refractivity contribution in [3.05, 3.63) is 23.8 Å². The van der Waals surface area contributed by atoms with Crippen LogP contribution in [0.15, 0.2) is 23.1 Å². The largest absolute Gasteiger partial charge is 0.478 e. The van der Waals surface area contributed by atoms with E-state index in [0.717, 1.165) is 12.1 Å². The van der Waals surface area contributed by atoms with Gasteiger partial charge in [-0.25, -0.2) is 13.2 Å². The maximum absolute atomic E-state index is 12.0. The molecule has 1 aromatic rings. The molecule has 0 fully saturated rings. The molecule has 7 heteroatoms. The number of aromatic carboxylic acids is 1. The average Bonchev–Trinajstić information content (AvgIpc) is 2.35. The second-order valence-corrected chi connectivity index (χ2v) is 5.49. The quantitative estimate of drug-likeness (QED) is 0.543. The first-order valence-electron chi connectivity index (χ1n) is 5.43. The van der Waals surface area contributed by atoms with Crippen LogP contribution in [0.5, 0.6) is 0 Å². The minimum atomic E-state index is -3.87. The third-order valence-corrected chi connectivity index (χ3v) is 4.00. The van der Waals surface area contributed by atoms with Gasteiger partial charge in [-0.15, -0.1) is 6.42 Å². The van der Waals surface area contributed by atoms with Crippen molar-refractivity contribution < 1.29 is 18.3 Å². The van der Waals surface area contributed by atoms with Crippen LogP contribution < -0.4 is 10.5 Å². The molecule has 19 heavy (non-hydrogen) atoms. The van der Waals surface area contributed by atoms with Gasteiger partial charge in [0.05, 0.1) is 17.3 Å². The third-order valence-electron chi connectivity index (χ3n) is 2.45. The number of sulfonamides is 1. The lowest BCUT2D eigenvalue weighted by atomic mass is 10.2. The van der Waals surface area contributed by atoms with Crippen LogP contribution in [0.1, 0.15) is 23.7 Å². The van der Waals surface area contributed by atoms with E-state index in [2.05, 4.69) is 10.6 Å². The summed E-state index contributed by atoms with van der Waals surface area (Å²) in [7, 11) is -3.87. The predicted octanol–water partition coefficient (Wildman–Crippen LogP) is 0.657. The van der Waals surface area contributed by atoms with Crippen LogP contribution >= 0.6 is 0 Å². The molecule has 0 radical (unpaired) electrons. The Morgan fingerprint density at radius 1 is 1.58 bits per heavy atom. The molecular weight excluding hydrogens is 268 g/mol. The molecule has 0 aliphatic carbocycles. The zero-order chi connectivity index (χ0) is 14.6. The number of terminal acetylenes is 1. The van der Waals surface area contributed by atoms with Gasteiger partial charge >= 0.3 is 5.97 Å². The lowest BCUT2D eigenvalue weighted by molar-refractivity contribution is 0.0697. The summed E-state index contributed by atoms with van der Waals surface area (Å²) in [6.45, 7) is 1.74. The Labute approximate surface area is 111 Å². The van der Waals surface area contributed by atoms with Crippen LogP contribution in [-0.2, 0) is 10.0 Å². The summed E-state index contributed by atoms with van der Waals surface area (Å²) in [5.41, 5.74) is 5.35. The molecule has 0 amide bonds. The van der Waals surface area contributed by atoms with E-state index in [-0.39, 0.29) is 16.1 Å². The monoisotopic (exact) mass is 282 g/mol. The number of carboxylic acid groups (broad SMARTS) is 1. The van der Waals surface area contributed by atoms with E-state index in [1.807, 2.05) is 0 Å². The number of hydrogen-bond acceptors (Lipinski definition) is 4. The molecular formula is C12H14N2O4S. The SMILES string of the molecule is C#CC(CC)NS(=O)(=O)c1ccc(C(=O)O)cc1N. The Morgan fingerprint density at radius 2 is 2.21 bits per heavy atom. The fourth-order valence-corrected chi connectivity index (χ4v) is 2.76. The maximum atomic E-state index is 12.0. The highest BCUT2D eigenvalue weighted by atomic mass is 32.2. The van der Waals surface area contributed by atoms with Crippen LogP contribution in [-0.4, -0.2) is 25.5 Å². The molecule has 1 rings (SSSR count). The van der Waals surface area contributed by atoms with Crippen LogP contribution in [0.3, 0.4) is 0 Å². The summed E-state index contributed by atoms with van der Waals surface area (Å²) in [5, 5.41) is 8.78. The molecule has 6 nitrogen and oxygen atoms in total. The molecule has 0 aromatic heterocycles. The molecule has 0 saturated carbocycles. The van der Waals surface area contributed by atoms with Gasteiger partial charge in [0.1, 0.15) is 4.90 Å². The lowest BCUT2D eigenvalue weighted by Gasteiger charge is -2.13. The highest BCUT2D eigenvalue weighted by molar-refractivity contribution is 7.89. The van der Waals surface area contributed by atoms with Gasteiger partial charge in [0.25, 0.3) is 0 Å². The second kappa shape index (κ2) is 5.73. The van der Waals surface area contributed by atoms with Gasteiger partial charge in [0.15, 0.2) is 0 Å². The van der Waals surface area contributed by atoms with Gasteiger partial charge in [-0.05, 0) is 24.6 Å². The minimum absolute atomic E-state index is 0.0829. The highest BCUT2D eigenvalue weighted by Crippen LogP contribution is 2.20. The van der Waals surface area contributed by atoms with Crippen LogP contribution in [0.2, 0.25) is 0 Å². The standard InChI is InChI=1S/C12H14N2O4S/c1-3-9(4-2)14-19(17,18)11-6-5-8(12(15)16)7-10(11)13/h1,5-7,9,14H,4,13H2,2H3,(H,15,16). The van der Waals surface area contributed by atoms with E-state index in [1.54, 1.807) is 6.92 Å². The lowest BCUT2D eigenvalue weighted by Crippen LogP contribution is -2.33. The van der Waals surface area contributed by atoms with Crippen molar-refractivity contribution in [1.82, 2.24) is 4.72 Å².